The average Bonchev–Trinajstić information content (AvgIpc) is 2.76. The number of hydrogen-bond acceptors (Lipinski definition) is 5. The molecule has 1 aliphatic rings. The number of hydrogen-bond donors (Lipinski definition) is 1. The molecule has 0 radical (unpaired) electrons. The molecule has 1 aliphatic heterocycles. The van der Waals surface area contributed by atoms with Gasteiger partial charge in [-0.15, -0.1) is 0 Å². The summed E-state index contributed by atoms with van der Waals surface area (Å²) in [4.78, 5) is 8.86. The second-order valence-electron chi connectivity index (χ2n) is 5.08. The monoisotopic (exact) mass is 259 g/mol. The Kier molecular flexibility index (Phi) is 3.08. The van der Waals surface area contributed by atoms with E-state index in [-0.39, 0.29) is 6.10 Å². The Hall–Kier alpha value is -1.72. The molecule has 1 fully saturated rings. The van der Waals surface area contributed by atoms with Gasteiger partial charge < -0.3 is 14.8 Å². The lowest BCUT2D eigenvalue weighted by atomic mass is 10.3. The molecular formula is C14H17N3O2. The fourth-order valence-corrected chi connectivity index (χ4v) is 2.12. The van der Waals surface area contributed by atoms with Gasteiger partial charge in [-0.3, -0.25) is 4.98 Å². The molecule has 1 saturated heterocycles. The van der Waals surface area contributed by atoms with E-state index in [0.29, 0.717) is 13.2 Å². The maximum Gasteiger partial charge on any atom is 0.163 e. The van der Waals surface area contributed by atoms with Gasteiger partial charge in [-0.25, -0.2) is 4.98 Å². The number of para-hydroxylation sites is 2. The summed E-state index contributed by atoms with van der Waals surface area (Å²) in [7, 11) is 0. The van der Waals surface area contributed by atoms with Crippen LogP contribution in [0, 0.1) is 0 Å². The summed E-state index contributed by atoms with van der Waals surface area (Å²) in [6.45, 7) is 5.10. The van der Waals surface area contributed by atoms with Crippen molar-refractivity contribution in [1.82, 2.24) is 9.97 Å². The molecule has 1 atom stereocenters. The first-order chi connectivity index (χ1) is 9.12. The quantitative estimate of drug-likeness (QED) is 0.915. The van der Waals surface area contributed by atoms with Gasteiger partial charge in [0.15, 0.2) is 5.79 Å². The second kappa shape index (κ2) is 4.75. The van der Waals surface area contributed by atoms with Gasteiger partial charge in [0.1, 0.15) is 11.9 Å². The lowest BCUT2D eigenvalue weighted by Gasteiger charge is -2.17. The highest BCUT2D eigenvalue weighted by Crippen LogP contribution is 2.22. The Bertz CT molecular complexity index is 586. The maximum atomic E-state index is 5.73. The highest BCUT2D eigenvalue weighted by molar-refractivity contribution is 5.75. The SMILES string of the molecule is CC1(C)OCC(CNc2cnc3ccccc3n2)O1. The lowest BCUT2D eigenvalue weighted by Crippen LogP contribution is -2.26. The molecule has 2 heterocycles. The Labute approximate surface area is 112 Å². The molecule has 0 amide bonds. The van der Waals surface area contributed by atoms with Crippen LogP contribution < -0.4 is 5.32 Å². The van der Waals surface area contributed by atoms with Crippen molar-refractivity contribution in [3.05, 3.63) is 30.5 Å². The third kappa shape index (κ3) is 2.83. The highest BCUT2D eigenvalue weighted by atomic mass is 16.7. The van der Waals surface area contributed by atoms with E-state index in [1.165, 1.54) is 0 Å². The van der Waals surface area contributed by atoms with Gasteiger partial charge >= 0.3 is 0 Å². The molecule has 1 unspecified atom stereocenters. The second-order valence-corrected chi connectivity index (χ2v) is 5.08. The number of ether oxygens (including phenoxy) is 2. The van der Waals surface area contributed by atoms with Crippen molar-refractivity contribution >= 4 is 16.9 Å². The Morgan fingerprint density at radius 2 is 2.11 bits per heavy atom. The first-order valence-corrected chi connectivity index (χ1v) is 6.40. The van der Waals surface area contributed by atoms with Gasteiger partial charge in [0, 0.05) is 6.54 Å². The maximum absolute atomic E-state index is 5.73. The van der Waals surface area contributed by atoms with Crippen molar-refractivity contribution in [2.45, 2.75) is 25.7 Å². The molecule has 1 N–H and O–H groups in total. The minimum Gasteiger partial charge on any atom is -0.366 e. The largest absolute Gasteiger partial charge is 0.366 e. The normalized spacial score (nSPS) is 21.7. The van der Waals surface area contributed by atoms with Gasteiger partial charge in [0.2, 0.25) is 0 Å². The lowest BCUT2D eigenvalue weighted by molar-refractivity contribution is -0.136. The zero-order valence-corrected chi connectivity index (χ0v) is 11.1. The summed E-state index contributed by atoms with van der Waals surface area (Å²) in [5.41, 5.74) is 1.78. The van der Waals surface area contributed by atoms with Gasteiger partial charge in [-0.1, -0.05) is 12.1 Å². The smallest absolute Gasteiger partial charge is 0.163 e. The summed E-state index contributed by atoms with van der Waals surface area (Å²) in [5.74, 6) is 0.272. The van der Waals surface area contributed by atoms with Crippen LogP contribution in [0.3, 0.4) is 0 Å². The molecule has 5 heteroatoms. The van der Waals surface area contributed by atoms with Crippen LogP contribution in [0.4, 0.5) is 5.82 Å². The van der Waals surface area contributed by atoms with E-state index < -0.39 is 5.79 Å². The molecule has 3 rings (SSSR count). The number of aromatic nitrogens is 2. The summed E-state index contributed by atoms with van der Waals surface area (Å²) in [6.07, 6.45) is 1.78. The van der Waals surface area contributed by atoms with E-state index in [1.54, 1.807) is 6.20 Å². The van der Waals surface area contributed by atoms with Crippen molar-refractivity contribution in [3.63, 3.8) is 0 Å². The molecular weight excluding hydrogens is 242 g/mol. The molecule has 2 aromatic rings. The van der Waals surface area contributed by atoms with Crippen molar-refractivity contribution < 1.29 is 9.47 Å². The summed E-state index contributed by atoms with van der Waals surface area (Å²) >= 11 is 0. The van der Waals surface area contributed by atoms with E-state index in [9.17, 15) is 0 Å². The highest BCUT2D eigenvalue weighted by Gasteiger charge is 2.32. The van der Waals surface area contributed by atoms with Gasteiger partial charge in [0.05, 0.1) is 23.8 Å². The van der Waals surface area contributed by atoms with Gasteiger partial charge in [-0.05, 0) is 26.0 Å². The third-order valence-electron chi connectivity index (χ3n) is 3.03. The van der Waals surface area contributed by atoms with Crippen LogP contribution in [0.15, 0.2) is 30.5 Å². The Balaban J connectivity index is 1.66. The van der Waals surface area contributed by atoms with E-state index in [0.717, 1.165) is 16.9 Å². The molecule has 0 saturated carbocycles. The molecule has 0 aliphatic carbocycles. The summed E-state index contributed by atoms with van der Waals surface area (Å²) < 4.78 is 11.2. The fourth-order valence-electron chi connectivity index (χ4n) is 2.12. The molecule has 0 spiro atoms. The fraction of sp³-hybridized carbons (Fsp3) is 0.429. The van der Waals surface area contributed by atoms with E-state index in [1.807, 2.05) is 38.1 Å². The molecule has 1 aromatic heterocycles. The van der Waals surface area contributed by atoms with E-state index in [4.69, 9.17) is 9.47 Å². The first kappa shape index (κ1) is 12.3. The van der Waals surface area contributed by atoms with Gasteiger partial charge in [-0.2, -0.15) is 0 Å². The van der Waals surface area contributed by atoms with Gasteiger partial charge in [0.25, 0.3) is 0 Å². The number of nitrogens with one attached hydrogen (secondary N) is 1. The van der Waals surface area contributed by atoms with Crippen molar-refractivity contribution in [2.75, 3.05) is 18.5 Å². The number of rotatable bonds is 3. The zero-order chi connectivity index (χ0) is 13.3. The standard InChI is InChI=1S/C14H17N3O2/c1-14(2)18-9-10(19-14)7-16-13-8-15-11-5-3-4-6-12(11)17-13/h3-6,8,10H,7,9H2,1-2H3,(H,16,17). The summed E-state index contributed by atoms with van der Waals surface area (Å²) in [6, 6.07) is 7.81. The number of fused-ring (bicyclic) bond motifs is 1. The van der Waals surface area contributed by atoms with E-state index >= 15 is 0 Å². The zero-order valence-electron chi connectivity index (χ0n) is 11.1. The van der Waals surface area contributed by atoms with Crippen LogP contribution in [0.5, 0.6) is 0 Å². The van der Waals surface area contributed by atoms with Crippen molar-refractivity contribution in [2.24, 2.45) is 0 Å². The van der Waals surface area contributed by atoms with Crippen LogP contribution in [-0.4, -0.2) is 35.0 Å². The van der Waals surface area contributed by atoms with Crippen LogP contribution >= 0.6 is 0 Å². The summed E-state index contributed by atoms with van der Waals surface area (Å²) in [5, 5.41) is 3.24. The number of anilines is 1. The van der Waals surface area contributed by atoms with Crippen LogP contribution in [-0.2, 0) is 9.47 Å². The molecule has 19 heavy (non-hydrogen) atoms. The molecule has 100 valence electrons. The van der Waals surface area contributed by atoms with Crippen LogP contribution in [0.1, 0.15) is 13.8 Å². The van der Waals surface area contributed by atoms with Crippen molar-refractivity contribution in [3.8, 4) is 0 Å². The van der Waals surface area contributed by atoms with Crippen molar-refractivity contribution in [1.29, 1.82) is 0 Å². The Morgan fingerprint density at radius 1 is 1.32 bits per heavy atom. The molecule has 5 nitrogen and oxygen atoms in total. The minimum absolute atomic E-state index is 0.0447. The minimum atomic E-state index is -0.485. The van der Waals surface area contributed by atoms with Crippen LogP contribution in [0.2, 0.25) is 0 Å². The van der Waals surface area contributed by atoms with Crippen LogP contribution in [0.25, 0.3) is 11.0 Å². The topological polar surface area (TPSA) is 56.3 Å². The molecule has 1 aromatic carbocycles. The number of benzene rings is 1. The predicted molar refractivity (Wildman–Crippen MR) is 72.9 cm³/mol. The third-order valence-corrected chi connectivity index (χ3v) is 3.03. The first-order valence-electron chi connectivity index (χ1n) is 6.40. The number of nitrogens with zero attached hydrogens (tertiary/aromatic N) is 2. The average molecular weight is 259 g/mol. The Morgan fingerprint density at radius 3 is 2.84 bits per heavy atom. The van der Waals surface area contributed by atoms with E-state index in [2.05, 4.69) is 15.3 Å². The molecule has 0 bridgehead atoms. The predicted octanol–water partition coefficient (Wildman–Crippen LogP) is 2.19.